The van der Waals surface area contributed by atoms with Gasteiger partial charge >= 0.3 is 6.03 Å². The Morgan fingerprint density at radius 2 is 1.85 bits per heavy atom. The van der Waals surface area contributed by atoms with Gasteiger partial charge in [0.25, 0.3) is 5.91 Å². The molecule has 4 amide bonds. The van der Waals surface area contributed by atoms with E-state index in [0.29, 0.717) is 5.56 Å². The van der Waals surface area contributed by atoms with Gasteiger partial charge in [-0.3, -0.25) is 14.5 Å². The van der Waals surface area contributed by atoms with E-state index in [-0.39, 0.29) is 49.4 Å². The standard InChI is InChI=1S/C19H26N4O3.ClH/c1-2-11-22(16-7-9-20-10-8-16)18(25)15-5-3-14(4-6-15)13-23-17(24)12-21-19(23)26;/h3-6,16,20H,2,7-13H2,1H3,(H,21,26);1H. The van der Waals surface area contributed by atoms with E-state index in [1.165, 1.54) is 4.90 Å². The predicted molar refractivity (Wildman–Crippen MR) is 105 cm³/mol. The lowest BCUT2D eigenvalue weighted by Gasteiger charge is -2.34. The van der Waals surface area contributed by atoms with Crippen LogP contribution in [0, 0.1) is 0 Å². The fraction of sp³-hybridized carbons (Fsp3) is 0.526. The lowest BCUT2D eigenvalue weighted by Crippen LogP contribution is -2.46. The number of carbonyl (C=O) groups is 3. The maximum Gasteiger partial charge on any atom is 0.324 e. The minimum atomic E-state index is -0.366. The summed E-state index contributed by atoms with van der Waals surface area (Å²) in [6, 6.07) is 7.14. The van der Waals surface area contributed by atoms with Crippen molar-refractivity contribution in [3.8, 4) is 0 Å². The van der Waals surface area contributed by atoms with Crippen molar-refractivity contribution >= 4 is 30.3 Å². The SMILES string of the molecule is CCCN(C(=O)c1ccc(CN2C(=O)CNC2=O)cc1)C1CCNCC1.Cl. The molecule has 1 aromatic carbocycles. The van der Waals surface area contributed by atoms with Crippen molar-refractivity contribution in [2.75, 3.05) is 26.2 Å². The van der Waals surface area contributed by atoms with Gasteiger partial charge in [0.05, 0.1) is 13.1 Å². The highest BCUT2D eigenvalue weighted by Gasteiger charge is 2.29. The third-order valence-electron chi connectivity index (χ3n) is 4.95. The number of piperidine rings is 1. The van der Waals surface area contributed by atoms with Crippen LogP contribution in [0.15, 0.2) is 24.3 Å². The predicted octanol–water partition coefficient (Wildman–Crippen LogP) is 1.76. The van der Waals surface area contributed by atoms with Gasteiger partial charge in [0.15, 0.2) is 0 Å². The number of nitrogens with zero attached hydrogens (tertiary/aromatic N) is 2. The van der Waals surface area contributed by atoms with Crippen molar-refractivity contribution in [1.29, 1.82) is 0 Å². The van der Waals surface area contributed by atoms with Crippen LogP contribution >= 0.6 is 12.4 Å². The van der Waals surface area contributed by atoms with Crippen LogP contribution in [-0.4, -0.2) is 59.9 Å². The Kier molecular flexibility index (Phi) is 7.62. The summed E-state index contributed by atoms with van der Waals surface area (Å²) in [4.78, 5) is 39.5. The van der Waals surface area contributed by atoms with Gasteiger partial charge in [0.1, 0.15) is 0 Å². The van der Waals surface area contributed by atoms with Crippen LogP contribution in [0.4, 0.5) is 4.79 Å². The summed E-state index contributed by atoms with van der Waals surface area (Å²) in [5, 5.41) is 5.84. The first-order valence-corrected chi connectivity index (χ1v) is 9.29. The van der Waals surface area contributed by atoms with Gasteiger partial charge in [-0.1, -0.05) is 19.1 Å². The van der Waals surface area contributed by atoms with Gasteiger partial charge in [0.2, 0.25) is 5.91 Å². The average Bonchev–Trinajstić information content (AvgIpc) is 2.99. The van der Waals surface area contributed by atoms with E-state index in [9.17, 15) is 14.4 Å². The second-order valence-electron chi connectivity index (χ2n) is 6.82. The molecule has 7 nitrogen and oxygen atoms in total. The Balaban J connectivity index is 0.00000261. The minimum absolute atomic E-state index is 0. The van der Waals surface area contributed by atoms with E-state index in [0.717, 1.165) is 44.5 Å². The summed E-state index contributed by atoms with van der Waals surface area (Å²) in [6.45, 7) is 5.02. The molecule has 0 aliphatic carbocycles. The molecule has 0 bridgehead atoms. The first-order chi connectivity index (χ1) is 12.6. The van der Waals surface area contributed by atoms with Crippen molar-refractivity contribution in [1.82, 2.24) is 20.4 Å². The Hall–Kier alpha value is -2.12. The Morgan fingerprint density at radius 1 is 1.19 bits per heavy atom. The number of halogens is 1. The molecule has 0 atom stereocenters. The Morgan fingerprint density at radius 3 is 2.41 bits per heavy atom. The van der Waals surface area contributed by atoms with Crippen molar-refractivity contribution in [3.63, 3.8) is 0 Å². The van der Waals surface area contributed by atoms with E-state index in [1.54, 1.807) is 12.1 Å². The molecule has 27 heavy (non-hydrogen) atoms. The molecule has 3 rings (SSSR count). The maximum atomic E-state index is 13.0. The number of carbonyl (C=O) groups excluding carboxylic acids is 3. The van der Waals surface area contributed by atoms with Crippen molar-refractivity contribution < 1.29 is 14.4 Å². The van der Waals surface area contributed by atoms with Gasteiger partial charge in [-0.15, -0.1) is 12.4 Å². The molecular weight excluding hydrogens is 368 g/mol. The molecule has 0 spiro atoms. The van der Waals surface area contributed by atoms with Gasteiger partial charge in [-0.05, 0) is 50.0 Å². The van der Waals surface area contributed by atoms with Crippen LogP contribution in [0.5, 0.6) is 0 Å². The molecule has 2 N–H and O–H groups in total. The van der Waals surface area contributed by atoms with E-state index >= 15 is 0 Å². The van der Waals surface area contributed by atoms with Crippen molar-refractivity contribution in [2.45, 2.75) is 38.8 Å². The van der Waals surface area contributed by atoms with E-state index in [2.05, 4.69) is 17.6 Å². The molecule has 2 aliphatic rings. The third kappa shape index (κ3) is 4.99. The van der Waals surface area contributed by atoms with E-state index in [4.69, 9.17) is 0 Å². The average molecular weight is 395 g/mol. The fourth-order valence-electron chi connectivity index (χ4n) is 3.53. The van der Waals surface area contributed by atoms with E-state index in [1.807, 2.05) is 17.0 Å². The number of hydrogen-bond donors (Lipinski definition) is 2. The van der Waals surface area contributed by atoms with Gasteiger partial charge in [-0.25, -0.2) is 4.79 Å². The summed E-state index contributed by atoms with van der Waals surface area (Å²) in [6.07, 6.45) is 2.89. The number of benzene rings is 1. The zero-order valence-electron chi connectivity index (χ0n) is 15.6. The number of nitrogens with one attached hydrogen (secondary N) is 2. The number of urea groups is 1. The zero-order chi connectivity index (χ0) is 18.5. The van der Waals surface area contributed by atoms with Crippen LogP contribution in [0.1, 0.15) is 42.1 Å². The molecule has 1 aromatic rings. The number of imide groups is 1. The third-order valence-corrected chi connectivity index (χ3v) is 4.95. The van der Waals surface area contributed by atoms with Gasteiger partial charge in [-0.2, -0.15) is 0 Å². The molecule has 0 saturated carbocycles. The van der Waals surface area contributed by atoms with Crippen LogP contribution in [0.25, 0.3) is 0 Å². The molecule has 2 saturated heterocycles. The first-order valence-electron chi connectivity index (χ1n) is 9.29. The molecule has 8 heteroatoms. The topological polar surface area (TPSA) is 81.8 Å². The highest BCUT2D eigenvalue weighted by atomic mass is 35.5. The summed E-state index contributed by atoms with van der Waals surface area (Å²) < 4.78 is 0. The van der Waals surface area contributed by atoms with Crippen LogP contribution < -0.4 is 10.6 Å². The normalized spacial score (nSPS) is 17.4. The first kappa shape index (κ1) is 21.2. The highest BCUT2D eigenvalue weighted by Crippen LogP contribution is 2.17. The van der Waals surface area contributed by atoms with Gasteiger partial charge in [0, 0.05) is 18.2 Å². The van der Waals surface area contributed by atoms with E-state index < -0.39 is 0 Å². The molecule has 0 radical (unpaired) electrons. The summed E-state index contributed by atoms with van der Waals surface area (Å²) in [5.74, 6) is -0.171. The molecular formula is C19H27ClN4O3. The van der Waals surface area contributed by atoms with Crippen molar-refractivity contribution in [2.24, 2.45) is 0 Å². The Labute approximate surface area is 165 Å². The number of hydrogen-bond acceptors (Lipinski definition) is 4. The second kappa shape index (κ2) is 9.71. The largest absolute Gasteiger partial charge is 0.336 e. The molecule has 2 heterocycles. The zero-order valence-corrected chi connectivity index (χ0v) is 16.4. The molecule has 2 fully saturated rings. The second-order valence-corrected chi connectivity index (χ2v) is 6.82. The molecule has 148 valence electrons. The number of rotatable bonds is 6. The van der Waals surface area contributed by atoms with Gasteiger partial charge < -0.3 is 15.5 Å². The minimum Gasteiger partial charge on any atom is -0.336 e. The lowest BCUT2D eigenvalue weighted by atomic mass is 10.0. The monoisotopic (exact) mass is 394 g/mol. The summed E-state index contributed by atoms with van der Waals surface area (Å²) >= 11 is 0. The smallest absolute Gasteiger partial charge is 0.324 e. The van der Waals surface area contributed by atoms with Crippen LogP contribution in [0.2, 0.25) is 0 Å². The maximum absolute atomic E-state index is 13.0. The highest BCUT2D eigenvalue weighted by molar-refractivity contribution is 6.01. The summed E-state index contributed by atoms with van der Waals surface area (Å²) in [7, 11) is 0. The Bertz CT molecular complexity index is 658. The fourth-order valence-corrected chi connectivity index (χ4v) is 3.53. The van der Waals surface area contributed by atoms with Crippen molar-refractivity contribution in [3.05, 3.63) is 35.4 Å². The summed E-state index contributed by atoms with van der Waals surface area (Å²) in [5.41, 5.74) is 1.48. The molecule has 2 aliphatic heterocycles. The quantitative estimate of drug-likeness (QED) is 0.720. The number of amides is 4. The lowest BCUT2D eigenvalue weighted by molar-refractivity contribution is -0.125. The van der Waals surface area contributed by atoms with Crippen LogP contribution in [-0.2, 0) is 11.3 Å². The van der Waals surface area contributed by atoms with Crippen LogP contribution in [0.3, 0.4) is 0 Å². The molecule has 0 unspecified atom stereocenters. The molecule has 0 aromatic heterocycles.